The number of carboxylic acid groups (broad SMARTS) is 1. The number of ether oxygens (including phenoxy) is 1. The summed E-state index contributed by atoms with van der Waals surface area (Å²) in [7, 11) is 0. The number of rotatable bonds is 5. The number of pyridine rings is 1. The highest BCUT2D eigenvalue weighted by Gasteiger charge is 2.28. The van der Waals surface area contributed by atoms with E-state index >= 15 is 0 Å². The Morgan fingerprint density at radius 2 is 2.03 bits per heavy atom. The molecule has 0 aliphatic carbocycles. The van der Waals surface area contributed by atoms with Gasteiger partial charge in [-0.15, -0.1) is 0 Å². The minimum Gasteiger partial charge on any atom is -0.503 e. The maximum absolute atomic E-state index is 12.2. The molecule has 0 atom stereocenters. The standard InChI is InChI=1S/C24H23ClN2O4/c1-3-27-12-15(9-14-10-18(25)23(28)20(11-14)31-4-2)22-17(13-27)21(24(29)30)16-7-5-6-8-19(16)26-22/h5-11,28H,3-4,12-13H2,1-2H3,(H,29,30)/b15-9+. The summed E-state index contributed by atoms with van der Waals surface area (Å²) in [4.78, 5) is 19.2. The number of aromatic carboxylic acids is 1. The Morgan fingerprint density at radius 1 is 1.26 bits per heavy atom. The zero-order valence-electron chi connectivity index (χ0n) is 17.4. The highest BCUT2D eigenvalue weighted by Crippen LogP contribution is 2.38. The van der Waals surface area contributed by atoms with Crippen molar-refractivity contribution in [3.63, 3.8) is 0 Å². The van der Waals surface area contributed by atoms with Crippen molar-refractivity contribution in [3.8, 4) is 11.5 Å². The van der Waals surface area contributed by atoms with Gasteiger partial charge in [0.15, 0.2) is 11.5 Å². The fourth-order valence-corrected chi connectivity index (χ4v) is 4.21. The van der Waals surface area contributed by atoms with Crippen LogP contribution in [0.1, 0.15) is 41.0 Å². The monoisotopic (exact) mass is 438 g/mol. The molecule has 0 amide bonds. The Hall–Kier alpha value is -3.09. The molecule has 6 nitrogen and oxygen atoms in total. The van der Waals surface area contributed by atoms with Gasteiger partial charge in [0.2, 0.25) is 0 Å². The van der Waals surface area contributed by atoms with Gasteiger partial charge in [-0.1, -0.05) is 36.7 Å². The Labute approximate surface area is 185 Å². The molecule has 2 aromatic carbocycles. The number of carboxylic acids is 1. The van der Waals surface area contributed by atoms with Crippen LogP contribution < -0.4 is 4.74 Å². The summed E-state index contributed by atoms with van der Waals surface area (Å²) in [6.07, 6.45) is 1.93. The van der Waals surface area contributed by atoms with Gasteiger partial charge in [-0.2, -0.15) is 0 Å². The molecule has 2 heterocycles. The number of fused-ring (bicyclic) bond motifs is 2. The van der Waals surface area contributed by atoms with E-state index in [1.165, 1.54) is 0 Å². The molecule has 0 unspecified atom stereocenters. The lowest BCUT2D eigenvalue weighted by molar-refractivity contribution is 0.0696. The number of hydrogen-bond acceptors (Lipinski definition) is 5. The lowest BCUT2D eigenvalue weighted by Gasteiger charge is -2.30. The van der Waals surface area contributed by atoms with E-state index in [9.17, 15) is 15.0 Å². The molecule has 2 N–H and O–H groups in total. The van der Waals surface area contributed by atoms with Crippen LogP contribution in [0.4, 0.5) is 0 Å². The van der Waals surface area contributed by atoms with Crippen LogP contribution in [0, 0.1) is 0 Å². The number of phenols is 1. The molecular formula is C24H23ClN2O4. The maximum Gasteiger partial charge on any atom is 0.336 e. The number of phenolic OH excluding ortho intramolecular Hbond substituents is 1. The zero-order valence-corrected chi connectivity index (χ0v) is 18.1. The lowest BCUT2D eigenvalue weighted by Crippen LogP contribution is -2.31. The summed E-state index contributed by atoms with van der Waals surface area (Å²) < 4.78 is 5.50. The van der Waals surface area contributed by atoms with Gasteiger partial charge in [0.1, 0.15) is 0 Å². The average molecular weight is 439 g/mol. The Kier molecular flexibility index (Phi) is 5.85. The van der Waals surface area contributed by atoms with Crippen LogP contribution in [-0.2, 0) is 6.54 Å². The molecule has 1 aromatic heterocycles. The van der Waals surface area contributed by atoms with Gasteiger partial charge in [-0.05, 0) is 48.9 Å². The maximum atomic E-state index is 12.2. The molecule has 0 spiro atoms. The van der Waals surface area contributed by atoms with E-state index in [4.69, 9.17) is 21.3 Å². The highest BCUT2D eigenvalue weighted by molar-refractivity contribution is 6.32. The molecule has 0 saturated heterocycles. The smallest absolute Gasteiger partial charge is 0.336 e. The van der Waals surface area contributed by atoms with E-state index < -0.39 is 5.97 Å². The first-order chi connectivity index (χ1) is 14.9. The minimum atomic E-state index is -0.960. The third kappa shape index (κ3) is 3.96. The Morgan fingerprint density at radius 3 is 2.74 bits per heavy atom. The minimum absolute atomic E-state index is 0.0952. The molecule has 4 rings (SSSR count). The molecule has 0 saturated carbocycles. The second-order valence-electron chi connectivity index (χ2n) is 7.39. The average Bonchev–Trinajstić information content (AvgIpc) is 2.75. The summed E-state index contributed by atoms with van der Waals surface area (Å²) in [6.45, 7) is 6.17. The van der Waals surface area contributed by atoms with Crippen LogP contribution in [0.2, 0.25) is 5.02 Å². The van der Waals surface area contributed by atoms with E-state index in [-0.39, 0.29) is 10.8 Å². The third-order valence-electron chi connectivity index (χ3n) is 5.43. The number of para-hydroxylation sites is 1. The summed E-state index contributed by atoms with van der Waals surface area (Å²) in [6, 6.07) is 10.7. The van der Waals surface area contributed by atoms with Crippen LogP contribution >= 0.6 is 11.6 Å². The van der Waals surface area contributed by atoms with Crippen molar-refractivity contribution in [1.82, 2.24) is 9.88 Å². The number of benzene rings is 2. The Bertz CT molecular complexity index is 1210. The molecular weight excluding hydrogens is 416 g/mol. The van der Waals surface area contributed by atoms with E-state index in [2.05, 4.69) is 4.90 Å². The van der Waals surface area contributed by atoms with Gasteiger partial charge < -0.3 is 14.9 Å². The lowest BCUT2D eigenvalue weighted by atomic mass is 9.92. The second-order valence-corrected chi connectivity index (χ2v) is 7.80. The van der Waals surface area contributed by atoms with Crippen molar-refractivity contribution < 1.29 is 19.7 Å². The topological polar surface area (TPSA) is 82.9 Å². The summed E-state index contributed by atoms with van der Waals surface area (Å²) in [5, 5.41) is 21.0. The number of aromatic nitrogens is 1. The largest absolute Gasteiger partial charge is 0.503 e. The fourth-order valence-electron chi connectivity index (χ4n) is 3.99. The SMILES string of the molecule is CCOc1cc(/C=C2\CN(CC)Cc3c2nc2ccccc2c3C(=O)O)cc(Cl)c1O. The van der Waals surface area contributed by atoms with Gasteiger partial charge in [-0.25, -0.2) is 9.78 Å². The van der Waals surface area contributed by atoms with E-state index in [1.807, 2.05) is 38.1 Å². The number of aromatic hydroxyl groups is 1. The van der Waals surface area contributed by atoms with Gasteiger partial charge in [0.25, 0.3) is 0 Å². The predicted octanol–water partition coefficient (Wildman–Crippen LogP) is 5.07. The van der Waals surface area contributed by atoms with Crippen molar-refractivity contribution in [3.05, 3.63) is 63.8 Å². The molecule has 7 heteroatoms. The van der Waals surface area contributed by atoms with Gasteiger partial charge >= 0.3 is 5.97 Å². The fraction of sp³-hybridized carbons (Fsp3) is 0.250. The first kappa shape index (κ1) is 21.2. The molecule has 1 aliphatic rings. The second kappa shape index (κ2) is 8.57. The van der Waals surface area contributed by atoms with Crippen molar-refractivity contribution in [2.24, 2.45) is 0 Å². The molecule has 1 aliphatic heterocycles. The number of carbonyl (C=O) groups is 1. The number of halogens is 1. The van der Waals surface area contributed by atoms with Crippen LogP contribution in [0.15, 0.2) is 36.4 Å². The Balaban J connectivity index is 1.95. The van der Waals surface area contributed by atoms with Gasteiger partial charge in [-0.3, -0.25) is 4.90 Å². The molecule has 160 valence electrons. The van der Waals surface area contributed by atoms with Crippen LogP contribution in [-0.4, -0.2) is 45.8 Å². The van der Waals surface area contributed by atoms with Crippen LogP contribution in [0.3, 0.4) is 0 Å². The van der Waals surface area contributed by atoms with Crippen LogP contribution in [0.5, 0.6) is 11.5 Å². The number of nitrogens with zero attached hydrogens (tertiary/aromatic N) is 2. The van der Waals surface area contributed by atoms with E-state index in [1.54, 1.807) is 18.2 Å². The first-order valence-corrected chi connectivity index (χ1v) is 10.5. The third-order valence-corrected chi connectivity index (χ3v) is 5.71. The highest BCUT2D eigenvalue weighted by atomic mass is 35.5. The molecule has 0 fully saturated rings. The van der Waals surface area contributed by atoms with E-state index in [0.717, 1.165) is 17.7 Å². The zero-order chi connectivity index (χ0) is 22.1. The normalized spacial score (nSPS) is 15.3. The summed E-state index contributed by atoms with van der Waals surface area (Å²) in [5.41, 5.74) is 3.97. The first-order valence-electron chi connectivity index (χ1n) is 10.2. The number of likely N-dealkylation sites (N-methyl/N-ethyl adjacent to an activating group) is 1. The predicted molar refractivity (Wildman–Crippen MR) is 122 cm³/mol. The van der Waals surface area contributed by atoms with Crippen molar-refractivity contribution in [2.75, 3.05) is 19.7 Å². The summed E-state index contributed by atoms with van der Waals surface area (Å²) in [5.74, 6) is -0.747. The van der Waals surface area contributed by atoms with Crippen LogP contribution in [0.25, 0.3) is 22.6 Å². The van der Waals surface area contributed by atoms with Crippen molar-refractivity contribution >= 4 is 40.1 Å². The van der Waals surface area contributed by atoms with Gasteiger partial charge in [0, 0.05) is 24.0 Å². The summed E-state index contributed by atoms with van der Waals surface area (Å²) >= 11 is 6.21. The van der Waals surface area contributed by atoms with Crippen molar-refractivity contribution in [1.29, 1.82) is 0 Å². The molecule has 3 aromatic rings. The molecule has 0 radical (unpaired) electrons. The van der Waals surface area contributed by atoms with Crippen molar-refractivity contribution in [2.45, 2.75) is 20.4 Å². The van der Waals surface area contributed by atoms with Gasteiger partial charge in [0.05, 0.1) is 28.4 Å². The molecule has 0 bridgehead atoms. The van der Waals surface area contributed by atoms with E-state index in [0.29, 0.717) is 53.2 Å². The number of hydrogen-bond donors (Lipinski definition) is 2. The molecule has 31 heavy (non-hydrogen) atoms. The quantitative estimate of drug-likeness (QED) is 0.578.